The fourth-order valence-corrected chi connectivity index (χ4v) is 7.17. The normalized spacial score (nSPS) is 13.1. The molecule has 4 unspecified atom stereocenters. The Kier molecular flexibility index (Phi) is 41.2. The van der Waals surface area contributed by atoms with E-state index >= 15 is 0 Å². The molecule has 0 radical (unpaired) electrons. The predicted molar refractivity (Wildman–Crippen MR) is 238 cm³/mol. The van der Waals surface area contributed by atoms with Crippen LogP contribution in [0.5, 0.6) is 0 Å². The molecule has 4 atom stereocenters. The predicted octanol–water partition coefficient (Wildman–Crippen LogP) is 9.95. The van der Waals surface area contributed by atoms with Gasteiger partial charge in [-0.3, -0.25) is 0 Å². The van der Waals surface area contributed by atoms with E-state index in [0.29, 0.717) is 13.2 Å². The second-order valence-corrected chi connectivity index (χ2v) is 16.4. The van der Waals surface area contributed by atoms with E-state index in [1.807, 2.05) is 36.4 Å². The molecule has 0 fully saturated rings. The molecule has 8 nitrogen and oxygen atoms in total. The standard InChI is InChI=1S/2C25H42O4.Ba/c2*1-2-3-17-24(29-21-22-14-10-9-11-15-22)20-19-23(26)16-12-7-5-4-6-8-13-18-25(27)28;/h2*9-11,14-15,23-24,26H,2-8,12-13,16-21H2,1H3,(H,27,28);/q;;+2/p-2. The van der Waals surface area contributed by atoms with Crippen LogP contribution in [-0.2, 0) is 32.3 Å². The van der Waals surface area contributed by atoms with Gasteiger partial charge in [0.2, 0.25) is 0 Å². The summed E-state index contributed by atoms with van der Waals surface area (Å²) in [4.78, 5) is 20.7. The molecule has 2 aromatic rings. The van der Waals surface area contributed by atoms with Gasteiger partial charge in [-0.1, -0.05) is 177 Å². The number of aliphatic hydroxyl groups is 2. The number of ether oxygens (including phenoxy) is 2. The van der Waals surface area contributed by atoms with Gasteiger partial charge in [0.25, 0.3) is 0 Å². The van der Waals surface area contributed by atoms with Crippen molar-refractivity contribution in [1.29, 1.82) is 0 Å². The van der Waals surface area contributed by atoms with Gasteiger partial charge in [-0.05, 0) is 88.2 Å². The van der Waals surface area contributed by atoms with Crippen molar-refractivity contribution in [2.75, 3.05) is 0 Å². The minimum atomic E-state index is -0.943. The average Bonchev–Trinajstić information content (AvgIpc) is 3.22. The fourth-order valence-electron chi connectivity index (χ4n) is 7.17. The molecule has 0 heterocycles. The first-order chi connectivity index (χ1) is 28.2. The van der Waals surface area contributed by atoms with Gasteiger partial charge in [-0.25, -0.2) is 0 Å². The summed E-state index contributed by atoms with van der Waals surface area (Å²) < 4.78 is 12.3. The van der Waals surface area contributed by atoms with Crippen LogP contribution < -0.4 is 10.2 Å². The first-order valence-electron chi connectivity index (χ1n) is 23.3. The van der Waals surface area contributed by atoms with Crippen molar-refractivity contribution in [3.63, 3.8) is 0 Å². The Balaban J connectivity index is 0.00000112. The minimum absolute atomic E-state index is 0. The molecule has 0 spiro atoms. The van der Waals surface area contributed by atoms with Crippen LogP contribution in [0.3, 0.4) is 0 Å². The third kappa shape index (κ3) is 38.2. The van der Waals surface area contributed by atoms with Crippen molar-refractivity contribution in [1.82, 2.24) is 0 Å². The number of benzene rings is 2. The van der Waals surface area contributed by atoms with Crippen LogP contribution in [0.15, 0.2) is 60.7 Å². The van der Waals surface area contributed by atoms with Crippen molar-refractivity contribution < 1.29 is 39.5 Å². The number of hydrogen-bond donors (Lipinski definition) is 2. The van der Waals surface area contributed by atoms with Gasteiger partial charge in [0.05, 0.1) is 37.6 Å². The number of aliphatic hydroxyl groups excluding tert-OH is 2. The summed E-state index contributed by atoms with van der Waals surface area (Å²) in [5.41, 5.74) is 2.41. The summed E-state index contributed by atoms with van der Waals surface area (Å²) in [5.74, 6) is -1.89. The molecule has 0 aliphatic rings. The van der Waals surface area contributed by atoms with E-state index in [1.54, 1.807) is 0 Å². The molecule has 0 saturated heterocycles. The van der Waals surface area contributed by atoms with Crippen LogP contribution in [-0.4, -0.2) is 95.4 Å². The van der Waals surface area contributed by atoms with Gasteiger partial charge in [-0.2, -0.15) is 0 Å². The molecule has 2 N–H and O–H groups in total. The minimum Gasteiger partial charge on any atom is -0.550 e. The molecular weight excluding hydrogens is 866 g/mol. The van der Waals surface area contributed by atoms with E-state index in [2.05, 4.69) is 38.1 Å². The van der Waals surface area contributed by atoms with Crippen molar-refractivity contribution in [3.05, 3.63) is 71.8 Å². The summed E-state index contributed by atoms with van der Waals surface area (Å²) in [5, 5.41) is 41.3. The van der Waals surface area contributed by atoms with E-state index in [1.165, 1.54) is 36.8 Å². The number of carbonyl (C=O) groups is 2. The van der Waals surface area contributed by atoms with Gasteiger partial charge in [-0.15, -0.1) is 0 Å². The van der Waals surface area contributed by atoms with Crippen LogP contribution in [0.25, 0.3) is 0 Å². The number of rotatable bonds is 38. The van der Waals surface area contributed by atoms with Gasteiger partial charge < -0.3 is 39.5 Å². The average molecular weight is 949 g/mol. The maximum Gasteiger partial charge on any atom is 2.00 e. The third-order valence-corrected chi connectivity index (χ3v) is 10.9. The van der Waals surface area contributed by atoms with Crippen molar-refractivity contribution in [2.45, 2.75) is 231 Å². The second-order valence-electron chi connectivity index (χ2n) is 16.4. The van der Waals surface area contributed by atoms with Gasteiger partial charge in [0, 0.05) is 11.9 Å². The Morgan fingerprint density at radius 1 is 0.458 bits per heavy atom. The van der Waals surface area contributed by atoms with Gasteiger partial charge in [0.1, 0.15) is 0 Å². The maximum atomic E-state index is 10.3. The molecule has 2 rings (SSSR count). The molecule has 0 aliphatic carbocycles. The van der Waals surface area contributed by atoms with Crippen LogP contribution in [0, 0.1) is 0 Å². The first-order valence-corrected chi connectivity index (χ1v) is 23.3. The van der Waals surface area contributed by atoms with E-state index in [9.17, 15) is 30.0 Å². The van der Waals surface area contributed by atoms with Crippen molar-refractivity contribution in [3.8, 4) is 0 Å². The quantitative estimate of drug-likeness (QED) is 0.0501. The molecule has 9 heteroatoms. The summed E-state index contributed by atoms with van der Waals surface area (Å²) >= 11 is 0. The van der Waals surface area contributed by atoms with Crippen molar-refractivity contribution in [2.24, 2.45) is 0 Å². The maximum absolute atomic E-state index is 10.3. The van der Waals surface area contributed by atoms with Crippen molar-refractivity contribution >= 4 is 60.8 Å². The summed E-state index contributed by atoms with van der Waals surface area (Å²) in [7, 11) is 0. The smallest absolute Gasteiger partial charge is 0.550 e. The molecule has 0 aliphatic heterocycles. The van der Waals surface area contributed by atoms with E-state index in [0.717, 1.165) is 141 Å². The zero-order valence-corrected chi connectivity index (χ0v) is 41.8. The number of carboxylic acid groups (broad SMARTS) is 2. The second kappa shape index (κ2) is 42.1. The van der Waals surface area contributed by atoms with Gasteiger partial charge in [0.15, 0.2) is 0 Å². The SMILES string of the molecule is CCCCC(CCC(O)CCCCCCCCCC(=O)[O-])OCc1ccccc1.CCCCC(CCC(O)CCCCCCCCCC(=O)[O-])OCc1ccccc1.[Ba+2]. The number of aliphatic carboxylic acids is 2. The summed E-state index contributed by atoms with van der Waals surface area (Å²) in [6.45, 7) is 5.70. The molecule has 59 heavy (non-hydrogen) atoms. The molecular formula is C50H82BaO8. The molecule has 2 aromatic carbocycles. The number of unbranched alkanes of at least 4 members (excludes halogenated alkanes) is 14. The summed E-state index contributed by atoms with van der Waals surface area (Å²) in [6, 6.07) is 20.6. The zero-order valence-electron chi connectivity index (χ0n) is 37.3. The largest absolute Gasteiger partial charge is 2.00 e. The number of hydrogen-bond acceptors (Lipinski definition) is 8. The molecule has 332 valence electrons. The Morgan fingerprint density at radius 3 is 1.10 bits per heavy atom. The first kappa shape index (κ1) is 57.8. The monoisotopic (exact) mass is 949 g/mol. The molecule has 0 saturated carbocycles. The topological polar surface area (TPSA) is 139 Å². The number of carboxylic acids is 2. The molecule has 0 amide bonds. The van der Waals surface area contributed by atoms with E-state index in [4.69, 9.17) is 9.47 Å². The summed E-state index contributed by atoms with van der Waals surface area (Å²) in [6.07, 6.45) is 26.9. The van der Waals surface area contributed by atoms with Crippen LogP contribution >= 0.6 is 0 Å². The van der Waals surface area contributed by atoms with Crippen LogP contribution in [0.1, 0.15) is 205 Å². The van der Waals surface area contributed by atoms with Gasteiger partial charge >= 0.3 is 48.9 Å². The Morgan fingerprint density at radius 2 is 0.780 bits per heavy atom. The van der Waals surface area contributed by atoms with E-state index in [-0.39, 0.29) is 86.1 Å². The van der Waals surface area contributed by atoms with Crippen LogP contribution in [0.2, 0.25) is 0 Å². The van der Waals surface area contributed by atoms with Crippen LogP contribution in [0.4, 0.5) is 0 Å². The Labute approximate surface area is 400 Å². The molecule has 0 bridgehead atoms. The Hall–Kier alpha value is -1.21. The third-order valence-electron chi connectivity index (χ3n) is 10.9. The van der Waals surface area contributed by atoms with E-state index < -0.39 is 11.9 Å². The fraction of sp³-hybridized carbons (Fsp3) is 0.720. The Bertz CT molecular complexity index is 1110. The number of carbonyl (C=O) groups excluding carboxylic acids is 2. The zero-order chi connectivity index (χ0) is 42.3. The molecule has 0 aromatic heterocycles.